The molecule has 0 aromatic heterocycles. The van der Waals surface area contributed by atoms with Crippen LogP contribution in [-0.4, -0.2) is 37.4 Å². The van der Waals surface area contributed by atoms with E-state index < -0.39 is 0 Å². The fourth-order valence-corrected chi connectivity index (χ4v) is 1.24. The zero-order valence-corrected chi connectivity index (χ0v) is 7.29. The van der Waals surface area contributed by atoms with Gasteiger partial charge >= 0.3 is 0 Å². The quantitative estimate of drug-likeness (QED) is 0.442. The highest BCUT2D eigenvalue weighted by Gasteiger charge is 2.16. The van der Waals surface area contributed by atoms with Gasteiger partial charge in [-0.1, -0.05) is 5.16 Å². The summed E-state index contributed by atoms with van der Waals surface area (Å²) in [4.78, 5) is 7.54. The second-order valence-electron chi connectivity index (χ2n) is 2.97. The van der Waals surface area contributed by atoms with E-state index >= 15 is 0 Å². The molecule has 64 valence electrons. The van der Waals surface area contributed by atoms with Crippen LogP contribution >= 0.6 is 0 Å². The maximum Gasteiger partial charge on any atom is 0.130 e. The summed E-state index contributed by atoms with van der Waals surface area (Å²) < 4.78 is 0. The molecule has 1 heterocycles. The molecule has 0 saturated carbocycles. The third kappa shape index (κ3) is 2.89. The first-order valence-corrected chi connectivity index (χ1v) is 4.15. The first kappa shape index (κ1) is 8.53. The first-order chi connectivity index (χ1) is 5.33. The van der Waals surface area contributed by atoms with Crippen LogP contribution in [0.25, 0.3) is 0 Å². The number of oxime groups is 1. The molecule has 0 amide bonds. The minimum absolute atomic E-state index is 0.349. The number of nitrogens with zero attached hydrogens (tertiary/aromatic N) is 2. The zero-order chi connectivity index (χ0) is 8.10. The molecule has 0 unspecified atom stereocenters. The van der Waals surface area contributed by atoms with Gasteiger partial charge in [-0.05, 0) is 26.8 Å². The van der Waals surface area contributed by atoms with E-state index in [0.717, 1.165) is 25.9 Å². The molecule has 0 bridgehead atoms. The molecule has 11 heavy (non-hydrogen) atoms. The Bertz CT molecular complexity index is 128. The summed E-state index contributed by atoms with van der Waals surface area (Å²) in [7, 11) is 2.14. The molecule has 0 aromatic carbocycles. The number of likely N-dealkylation sites (tertiary alicyclic amines) is 1. The Balaban J connectivity index is 2.17. The molecule has 0 radical (unpaired) electrons. The van der Waals surface area contributed by atoms with Gasteiger partial charge in [-0.2, -0.15) is 0 Å². The lowest BCUT2D eigenvalue weighted by Crippen LogP contribution is -2.33. The van der Waals surface area contributed by atoms with Crippen molar-refractivity contribution in [1.82, 2.24) is 4.90 Å². The number of hydrogen-bond donors (Lipinski definition) is 0. The predicted octanol–water partition coefficient (Wildman–Crippen LogP) is 1.10. The SMILES string of the molecule is C/C=N/OC1CCN(C)CC1. The van der Waals surface area contributed by atoms with Gasteiger partial charge in [0.1, 0.15) is 6.10 Å². The second-order valence-corrected chi connectivity index (χ2v) is 2.97. The molecule has 0 aliphatic carbocycles. The summed E-state index contributed by atoms with van der Waals surface area (Å²) in [5, 5.41) is 3.78. The average Bonchev–Trinajstić information content (AvgIpc) is 2.04. The smallest absolute Gasteiger partial charge is 0.130 e. The van der Waals surface area contributed by atoms with Gasteiger partial charge < -0.3 is 9.74 Å². The van der Waals surface area contributed by atoms with E-state index in [9.17, 15) is 0 Å². The molecule has 0 atom stereocenters. The predicted molar refractivity (Wildman–Crippen MR) is 45.8 cm³/mol. The second kappa shape index (κ2) is 4.34. The van der Waals surface area contributed by atoms with Crippen LogP contribution in [0.15, 0.2) is 5.16 Å². The normalized spacial score (nSPS) is 22.7. The van der Waals surface area contributed by atoms with Gasteiger partial charge in [0.2, 0.25) is 0 Å². The first-order valence-electron chi connectivity index (χ1n) is 4.15. The molecule has 3 heteroatoms. The molecular weight excluding hydrogens is 140 g/mol. The van der Waals surface area contributed by atoms with Crippen molar-refractivity contribution in [2.24, 2.45) is 5.16 Å². The van der Waals surface area contributed by atoms with E-state index in [1.54, 1.807) is 6.21 Å². The van der Waals surface area contributed by atoms with Crippen LogP contribution in [0.2, 0.25) is 0 Å². The van der Waals surface area contributed by atoms with Crippen molar-refractivity contribution in [1.29, 1.82) is 0 Å². The molecule has 1 aliphatic heterocycles. The van der Waals surface area contributed by atoms with Crippen LogP contribution in [0.4, 0.5) is 0 Å². The van der Waals surface area contributed by atoms with Crippen LogP contribution in [-0.2, 0) is 4.84 Å². The van der Waals surface area contributed by atoms with Gasteiger partial charge in [-0.3, -0.25) is 0 Å². The van der Waals surface area contributed by atoms with Crippen molar-refractivity contribution in [3.8, 4) is 0 Å². The summed E-state index contributed by atoms with van der Waals surface area (Å²) in [5.74, 6) is 0. The fourth-order valence-electron chi connectivity index (χ4n) is 1.24. The lowest BCUT2D eigenvalue weighted by atomic mass is 10.1. The van der Waals surface area contributed by atoms with Gasteiger partial charge in [0.15, 0.2) is 0 Å². The molecule has 0 aromatic rings. The van der Waals surface area contributed by atoms with Crippen molar-refractivity contribution >= 4 is 6.21 Å². The Morgan fingerprint density at radius 3 is 2.64 bits per heavy atom. The molecular formula is C8H16N2O. The van der Waals surface area contributed by atoms with Crippen LogP contribution in [0, 0.1) is 0 Å². The standard InChI is InChI=1S/C8H16N2O/c1-3-9-11-8-4-6-10(2)7-5-8/h3,8H,4-7H2,1-2H3/b9-3+. The number of hydrogen-bond acceptors (Lipinski definition) is 3. The minimum atomic E-state index is 0.349. The van der Waals surface area contributed by atoms with Crippen molar-refractivity contribution in [3.05, 3.63) is 0 Å². The molecule has 1 aliphatic rings. The maximum absolute atomic E-state index is 5.22. The summed E-state index contributed by atoms with van der Waals surface area (Å²) in [6.45, 7) is 4.13. The van der Waals surface area contributed by atoms with Crippen LogP contribution in [0.3, 0.4) is 0 Å². The van der Waals surface area contributed by atoms with Crippen molar-refractivity contribution in [2.45, 2.75) is 25.9 Å². The van der Waals surface area contributed by atoms with Gasteiger partial charge in [-0.25, -0.2) is 0 Å². The topological polar surface area (TPSA) is 24.8 Å². The summed E-state index contributed by atoms with van der Waals surface area (Å²) >= 11 is 0. The lowest BCUT2D eigenvalue weighted by Gasteiger charge is -2.26. The largest absolute Gasteiger partial charge is 0.393 e. The highest BCUT2D eigenvalue weighted by atomic mass is 16.6. The van der Waals surface area contributed by atoms with Crippen LogP contribution in [0.1, 0.15) is 19.8 Å². The third-order valence-corrected chi connectivity index (χ3v) is 1.98. The van der Waals surface area contributed by atoms with Gasteiger partial charge in [-0.15, -0.1) is 0 Å². The summed E-state index contributed by atoms with van der Waals surface area (Å²) in [6.07, 6.45) is 4.25. The van der Waals surface area contributed by atoms with Gasteiger partial charge in [0.25, 0.3) is 0 Å². The monoisotopic (exact) mass is 156 g/mol. The Morgan fingerprint density at radius 2 is 2.09 bits per heavy atom. The zero-order valence-electron chi connectivity index (χ0n) is 7.29. The molecule has 1 fully saturated rings. The summed E-state index contributed by atoms with van der Waals surface area (Å²) in [6, 6.07) is 0. The van der Waals surface area contributed by atoms with E-state index in [1.807, 2.05) is 6.92 Å². The van der Waals surface area contributed by atoms with Crippen molar-refractivity contribution in [2.75, 3.05) is 20.1 Å². The number of rotatable bonds is 2. The lowest BCUT2D eigenvalue weighted by molar-refractivity contribution is 0.0169. The molecule has 0 N–H and O–H groups in total. The summed E-state index contributed by atoms with van der Waals surface area (Å²) in [5.41, 5.74) is 0. The van der Waals surface area contributed by atoms with Crippen molar-refractivity contribution < 1.29 is 4.84 Å². The van der Waals surface area contributed by atoms with Gasteiger partial charge in [0, 0.05) is 19.3 Å². The van der Waals surface area contributed by atoms with E-state index in [0.29, 0.717) is 6.10 Å². The fraction of sp³-hybridized carbons (Fsp3) is 0.875. The van der Waals surface area contributed by atoms with E-state index in [1.165, 1.54) is 0 Å². The molecule has 1 rings (SSSR count). The molecule has 3 nitrogen and oxygen atoms in total. The Labute approximate surface area is 68.0 Å². The van der Waals surface area contributed by atoms with Crippen LogP contribution in [0.5, 0.6) is 0 Å². The Kier molecular flexibility index (Phi) is 3.36. The number of piperidine rings is 1. The van der Waals surface area contributed by atoms with Gasteiger partial charge in [0.05, 0.1) is 0 Å². The highest BCUT2D eigenvalue weighted by Crippen LogP contribution is 2.11. The Hall–Kier alpha value is -0.570. The van der Waals surface area contributed by atoms with E-state index in [-0.39, 0.29) is 0 Å². The van der Waals surface area contributed by atoms with Crippen molar-refractivity contribution in [3.63, 3.8) is 0 Å². The minimum Gasteiger partial charge on any atom is -0.393 e. The molecule has 1 saturated heterocycles. The molecule has 0 spiro atoms. The van der Waals surface area contributed by atoms with E-state index in [2.05, 4.69) is 17.1 Å². The maximum atomic E-state index is 5.22. The average molecular weight is 156 g/mol. The third-order valence-electron chi connectivity index (χ3n) is 1.98. The highest BCUT2D eigenvalue weighted by molar-refractivity contribution is 5.52. The van der Waals surface area contributed by atoms with E-state index in [4.69, 9.17) is 4.84 Å². The Morgan fingerprint density at radius 1 is 1.45 bits per heavy atom. The van der Waals surface area contributed by atoms with Crippen LogP contribution < -0.4 is 0 Å².